The van der Waals surface area contributed by atoms with E-state index < -0.39 is 0 Å². The quantitative estimate of drug-likeness (QED) is 0.587. The monoisotopic (exact) mass is 334 g/mol. The minimum absolute atomic E-state index is 0. The molecule has 0 aliphatic carbocycles. The van der Waals surface area contributed by atoms with Gasteiger partial charge in [-0.15, -0.1) is 5.11 Å². The van der Waals surface area contributed by atoms with Gasteiger partial charge in [0, 0.05) is 39.3 Å². The first-order valence-electron chi connectivity index (χ1n) is 7.20. The molecule has 0 spiro atoms. The zero-order valence-corrected chi connectivity index (χ0v) is 14.1. The molecule has 124 valence electrons. The summed E-state index contributed by atoms with van der Waals surface area (Å²) in [6, 6.07) is 7.33. The van der Waals surface area contributed by atoms with Crippen molar-refractivity contribution in [1.29, 1.82) is 0 Å². The van der Waals surface area contributed by atoms with Crippen LogP contribution in [0.2, 0.25) is 0 Å². The van der Waals surface area contributed by atoms with Crippen molar-refractivity contribution in [2.75, 3.05) is 32.5 Å². The molecule has 0 radical (unpaired) electrons. The van der Waals surface area contributed by atoms with E-state index >= 15 is 0 Å². The molecule has 1 aliphatic heterocycles. The molecule has 1 N–H and O–H groups in total. The molecule has 6 nitrogen and oxygen atoms in total. The lowest BCUT2D eigenvalue weighted by Crippen LogP contribution is -3.00. The molecule has 0 bridgehead atoms. The number of hydrogen-bond acceptors (Lipinski definition) is 4. The third-order valence-corrected chi connectivity index (χ3v) is 2.98. The topological polar surface area (TPSA) is 60.3 Å². The molecule has 0 unspecified atom stereocenters. The smallest absolute Gasteiger partial charge is 0.226 e. The molecule has 0 saturated carbocycles. The predicted octanol–water partition coefficient (Wildman–Crippen LogP) is -0.0350. The van der Waals surface area contributed by atoms with Crippen molar-refractivity contribution in [3.63, 3.8) is 0 Å². The Morgan fingerprint density at radius 2 is 2.17 bits per heavy atom. The highest BCUT2D eigenvalue weighted by Crippen LogP contribution is 2.18. The Morgan fingerprint density at radius 3 is 2.87 bits per heavy atom. The van der Waals surface area contributed by atoms with Gasteiger partial charge in [0.25, 0.3) is 0 Å². The summed E-state index contributed by atoms with van der Waals surface area (Å²) in [4.78, 5) is 14.1. The lowest BCUT2D eigenvalue weighted by molar-refractivity contribution is -0.116. The van der Waals surface area contributed by atoms with E-state index in [1.54, 1.807) is 25.2 Å². The summed E-state index contributed by atoms with van der Waals surface area (Å²) in [6.45, 7) is 1.55. The number of nitrogens with zero attached hydrogens (tertiary/aromatic N) is 4. The highest BCUT2D eigenvalue weighted by atomic mass is 35.5. The highest BCUT2D eigenvalue weighted by molar-refractivity contribution is 5.91. The average molecular weight is 335 g/mol. The standard InChI is InChI=1S/C16H21N5O.ClH/c1-20(2)19-18-15-8-6-7-14(13-15)17-16(22)9-12-21-10-4-3-5-11-21;/h3-8,10,13H,9,11-12H2,1-2H3,(H,17,22);1H/p-1. The maximum absolute atomic E-state index is 12.0. The van der Waals surface area contributed by atoms with E-state index in [1.165, 1.54) is 0 Å². The second kappa shape index (κ2) is 9.63. The lowest BCUT2D eigenvalue weighted by atomic mass is 10.2. The molecule has 7 heteroatoms. The number of amides is 1. The van der Waals surface area contributed by atoms with Crippen LogP contribution >= 0.6 is 0 Å². The van der Waals surface area contributed by atoms with Crippen molar-refractivity contribution < 1.29 is 17.2 Å². The van der Waals surface area contributed by atoms with E-state index in [4.69, 9.17) is 0 Å². The van der Waals surface area contributed by atoms with Gasteiger partial charge in [0.1, 0.15) is 0 Å². The minimum atomic E-state index is -0.00958. The van der Waals surface area contributed by atoms with Crippen LogP contribution in [0.25, 0.3) is 0 Å². The molecular formula is C16H21ClN5O-. The normalized spacial score (nSPS) is 13.0. The number of carbonyl (C=O) groups excluding carboxylic acids is 1. The SMILES string of the molecule is CN(C)N=Nc1cccc(NC(=O)CCN2C=CC=CC2)c1.[Cl-]. The van der Waals surface area contributed by atoms with E-state index in [-0.39, 0.29) is 18.3 Å². The highest BCUT2D eigenvalue weighted by Gasteiger charge is 2.06. The zero-order chi connectivity index (χ0) is 15.8. The van der Waals surface area contributed by atoms with Gasteiger partial charge in [-0.05, 0) is 30.5 Å². The molecule has 2 rings (SSSR count). The van der Waals surface area contributed by atoms with E-state index in [0.717, 1.165) is 12.2 Å². The molecule has 0 fully saturated rings. The number of anilines is 1. The van der Waals surface area contributed by atoms with E-state index in [1.807, 2.05) is 36.6 Å². The molecule has 0 aromatic heterocycles. The summed E-state index contributed by atoms with van der Waals surface area (Å²) < 4.78 is 0. The van der Waals surface area contributed by atoms with Gasteiger partial charge in [-0.2, -0.15) is 0 Å². The van der Waals surface area contributed by atoms with Crippen LogP contribution in [0, 0.1) is 0 Å². The minimum Gasteiger partial charge on any atom is -1.00 e. The Morgan fingerprint density at radius 1 is 1.35 bits per heavy atom. The number of hydrogen-bond donors (Lipinski definition) is 1. The maximum atomic E-state index is 12.0. The molecule has 1 heterocycles. The fourth-order valence-electron chi connectivity index (χ4n) is 1.93. The van der Waals surface area contributed by atoms with Gasteiger partial charge < -0.3 is 22.6 Å². The van der Waals surface area contributed by atoms with Gasteiger partial charge in [-0.25, -0.2) is 0 Å². The summed E-state index contributed by atoms with van der Waals surface area (Å²) >= 11 is 0. The van der Waals surface area contributed by atoms with Crippen molar-refractivity contribution in [2.45, 2.75) is 6.42 Å². The molecule has 23 heavy (non-hydrogen) atoms. The Hall–Kier alpha value is -2.34. The molecular weight excluding hydrogens is 314 g/mol. The van der Waals surface area contributed by atoms with Crippen molar-refractivity contribution in [1.82, 2.24) is 9.91 Å². The van der Waals surface area contributed by atoms with Crippen LogP contribution in [-0.4, -0.2) is 43.0 Å². The number of nitrogens with one attached hydrogen (secondary N) is 1. The molecule has 1 aromatic rings. The van der Waals surface area contributed by atoms with Crippen molar-refractivity contribution in [3.8, 4) is 0 Å². The van der Waals surface area contributed by atoms with Crippen LogP contribution in [-0.2, 0) is 4.79 Å². The predicted molar refractivity (Wildman–Crippen MR) is 87.7 cm³/mol. The van der Waals surface area contributed by atoms with Gasteiger partial charge in [-0.1, -0.05) is 23.4 Å². The summed E-state index contributed by atoms with van der Waals surface area (Å²) in [5.41, 5.74) is 1.44. The van der Waals surface area contributed by atoms with Crippen molar-refractivity contribution >= 4 is 17.3 Å². The van der Waals surface area contributed by atoms with Crippen molar-refractivity contribution in [3.05, 3.63) is 48.7 Å². The Kier molecular flexibility index (Phi) is 7.83. The van der Waals surface area contributed by atoms with E-state index in [9.17, 15) is 4.79 Å². The number of carbonyl (C=O) groups is 1. The molecule has 1 aliphatic rings. The van der Waals surface area contributed by atoms with Gasteiger partial charge >= 0.3 is 0 Å². The van der Waals surface area contributed by atoms with Crippen LogP contribution in [0.5, 0.6) is 0 Å². The Balaban J connectivity index is 0.00000264. The molecule has 1 amide bonds. The first kappa shape index (κ1) is 18.7. The van der Waals surface area contributed by atoms with Crippen LogP contribution in [0.15, 0.2) is 59.0 Å². The second-order valence-electron chi connectivity index (χ2n) is 5.15. The fourth-order valence-corrected chi connectivity index (χ4v) is 1.93. The largest absolute Gasteiger partial charge is 1.00 e. The Bertz CT molecular complexity index is 598. The van der Waals surface area contributed by atoms with E-state index in [2.05, 4.69) is 26.6 Å². The van der Waals surface area contributed by atoms with Gasteiger partial charge in [0.15, 0.2) is 0 Å². The second-order valence-corrected chi connectivity index (χ2v) is 5.15. The first-order valence-corrected chi connectivity index (χ1v) is 7.20. The molecule has 1 aromatic carbocycles. The molecule has 0 atom stereocenters. The summed E-state index contributed by atoms with van der Waals surface area (Å²) in [5.74, 6) is -0.00958. The number of rotatable bonds is 6. The van der Waals surface area contributed by atoms with Crippen molar-refractivity contribution in [2.24, 2.45) is 10.3 Å². The Labute approximate surface area is 142 Å². The zero-order valence-electron chi connectivity index (χ0n) is 13.3. The third-order valence-electron chi connectivity index (χ3n) is 2.98. The maximum Gasteiger partial charge on any atom is 0.226 e. The van der Waals surface area contributed by atoms with E-state index in [0.29, 0.717) is 18.7 Å². The number of benzene rings is 1. The lowest BCUT2D eigenvalue weighted by Gasteiger charge is -2.19. The molecule has 0 saturated heterocycles. The van der Waals surface area contributed by atoms with Gasteiger partial charge in [-0.3, -0.25) is 9.80 Å². The van der Waals surface area contributed by atoms with Crippen LogP contribution < -0.4 is 17.7 Å². The summed E-state index contributed by atoms with van der Waals surface area (Å²) in [5, 5.41) is 12.5. The first-order chi connectivity index (χ1) is 10.6. The van der Waals surface area contributed by atoms with Crippen LogP contribution in [0.4, 0.5) is 11.4 Å². The fraction of sp³-hybridized carbons (Fsp3) is 0.312. The van der Waals surface area contributed by atoms with Gasteiger partial charge in [0.05, 0.1) is 5.69 Å². The van der Waals surface area contributed by atoms with Gasteiger partial charge in [0.2, 0.25) is 5.91 Å². The number of halogens is 1. The third kappa shape index (κ3) is 6.97. The average Bonchev–Trinajstić information content (AvgIpc) is 2.52. The van der Waals surface area contributed by atoms with Crippen LogP contribution in [0.3, 0.4) is 0 Å². The number of allylic oxidation sites excluding steroid dienone is 2. The van der Waals surface area contributed by atoms with Crippen LogP contribution in [0.1, 0.15) is 6.42 Å². The summed E-state index contributed by atoms with van der Waals surface area (Å²) in [6.07, 6.45) is 8.49. The summed E-state index contributed by atoms with van der Waals surface area (Å²) in [7, 11) is 3.61.